The Morgan fingerprint density at radius 3 is 2.28 bits per heavy atom. The summed E-state index contributed by atoms with van der Waals surface area (Å²) in [6.07, 6.45) is 5.90. The highest BCUT2D eigenvalue weighted by Crippen LogP contribution is 2.35. The van der Waals surface area contributed by atoms with Gasteiger partial charge in [-0.15, -0.1) is 0 Å². The Labute approximate surface area is 281 Å². The van der Waals surface area contributed by atoms with Crippen LogP contribution in [0.1, 0.15) is 66.1 Å². The molecule has 8 nitrogen and oxygen atoms in total. The second-order valence-corrected chi connectivity index (χ2v) is 13.7. The van der Waals surface area contributed by atoms with Gasteiger partial charge in [-0.05, 0) is 101 Å². The fourth-order valence-electron chi connectivity index (χ4n) is 7.05. The van der Waals surface area contributed by atoms with Gasteiger partial charge in [-0.1, -0.05) is 40.8 Å². The van der Waals surface area contributed by atoms with Crippen LogP contribution in [0.3, 0.4) is 0 Å². The molecule has 2 aliphatic heterocycles. The third kappa shape index (κ3) is 7.43. The topological polar surface area (TPSA) is 73.1 Å². The molecule has 0 bridgehead atoms. The first kappa shape index (κ1) is 34.4. The number of likely N-dealkylation sites (N-methyl/N-ethyl adjacent to an activating group) is 2. The molecule has 0 aliphatic carbocycles. The Bertz CT molecular complexity index is 1510. The molecule has 0 spiro atoms. The number of nitrogens with zero attached hydrogens (tertiary/aromatic N) is 5. The highest BCUT2D eigenvalue weighted by atomic mass is 35.5. The molecular formula is C35H44Cl2FN5O3. The number of hydrogen-bond acceptors (Lipinski definition) is 6. The fourth-order valence-corrected chi connectivity index (χ4v) is 7.36. The van der Waals surface area contributed by atoms with E-state index in [2.05, 4.69) is 15.0 Å². The maximum Gasteiger partial charge on any atom is 0.259 e. The Kier molecular flexibility index (Phi) is 11.1. The number of aryl methyl sites for hydroxylation is 1. The van der Waals surface area contributed by atoms with Crippen LogP contribution >= 0.6 is 23.2 Å². The largest absolute Gasteiger partial charge is 0.360 e. The van der Waals surface area contributed by atoms with Crippen LogP contribution < -0.4 is 0 Å². The molecule has 2 aliphatic rings. The maximum atomic E-state index is 13.9. The van der Waals surface area contributed by atoms with Crippen molar-refractivity contribution in [3.05, 3.63) is 75.2 Å². The van der Waals surface area contributed by atoms with Crippen molar-refractivity contribution >= 4 is 35.0 Å². The van der Waals surface area contributed by atoms with Gasteiger partial charge in [0.25, 0.3) is 5.91 Å². The number of benzene rings is 2. The molecule has 1 atom stereocenters. The summed E-state index contributed by atoms with van der Waals surface area (Å²) in [4.78, 5) is 35.8. The molecule has 2 aromatic carbocycles. The van der Waals surface area contributed by atoms with Crippen LogP contribution in [-0.2, 0) is 4.79 Å². The summed E-state index contributed by atoms with van der Waals surface area (Å²) < 4.78 is 19.0. The molecule has 3 aromatic rings. The third-order valence-corrected chi connectivity index (χ3v) is 10.4. The van der Waals surface area contributed by atoms with Crippen LogP contribution in [0.2, 0.25) is 10.0 Å². The molecule has 1 unspecified atom stereocenters. The zero-order chi connectivity index (χ0) is 33.0. The van der Waals surface area contributed by atoms with E-state index in [4.69, 9.17) is 27.7 Å². The van der Waals surface area contributed by atoms with Gasteiger partial charge in [0.15, 0.2) is 0 Å². The second-order valence-electron chi connectivity index (χ2n) is 12.9. The summed E-state index contributed by atoms with van der Waals surface area (Å²) in [6.45, 7) is 6.57. The van der Waals surface area contributed by atoms with Gasteiger partial charge in [-0.25, -0.2) is 4.39 Å². The molecular weight excluding hydrogens is 628 g/mol. The normalized spacial score (nSPS) is 17.9. The van der Waals surface area contributed by atoms with E-state index in [1.54, 1.807) is 42.0 Å². The van der Waals surface area contributed by atoms with Crippen LogP contribution in [0.5, 0.6) is 0 Å². The lowest BCUT2D eigenvalue weighted by Gasteiger charge is -2.50. The predicted molar refractivity (Wildman–Crippen MR) is 180 cm³/mol. The lowest BCUT2D eigenvalue weighted by molar-refractivity contribution is -0.147. The zero-order valence-corrected chi connectivity index (χ0v) is 28.7. The molecule has 11 heteroatoms. The van der Waals surface area contributed by atoms with Gasteiger partial charge in [-0.2, -0.15) is 0 Å². The smallest absolute Gasteiger partial charge is 0.259 e. The molecule has 2 amide bonds. The van der Waals surface area contributed by atoms with Gasteiger partial charge in [0.05, 0.1) is 10.0 Å². The minimum Gasteiger partial charge on any atom is -0.360 e. The molecule has 46 heavy (non-hydrogen) atoms. The predicted octanol–water partition coefficient (Wildman–Crippen LogP) is 6.75. The monoisotopic (exact) mass is 671 g/mol. The minimum absolute atomic E-state index is 0.0321. The number of likely N-dealkylation sites (tertiary alicyclic amines) is 2. The van der Waals surface area contributed by atoms with E-state index in [1.807, 2.05) is 26.2 Å². The summed E-state index contributed by atoms with van der Waals surface area (Å²) >= 11 is 12.7. The summed E-state index contributed by atoms with van der Waals surface area (Å²) in [5, 5.41) is 5.08. The first-order valence-electron chi connectivity index (χ1n) is 16.1. The van der Waals surface area contributed by atoms with Crippen molar-refractivity contribution < 1.29 is 18.5 Å². The number of piperidine rings is 2. The van der Waals surface area contributed by atoms with Gasteiger partial charge in [0, 0.05) is 52.3 Å². The standard InChI is InChI=1S/C35H44Cl2FN5O3/c1-24-31(32(39-46-24)25-8-11-28(38)12-9-25)33(44)41(4)23-27(26-10-13-29(36)30(37)22-26)14-19-42-20-15-35(16-21-42,34(45)40(2)3)43-17-6-5-7-18-43/h8-13,22,27H,5-7,14-21,23H2,1-4H3. The van der Waals surface area contributed by atoms with Crippen LogP contribution in [0, 0.1) is 12.7 Å². The molecule has 2 fully saturated rings. The van der Waals surface area contributed by atoms with E-state index in [0.717, 1.165) is 70.4 Å². The molecule has 0 N–H and O–H groups in total. The van der Waals surface area contributed by atoms with E-state index < -0.39 is 5.54 Å². The average molecular weight is 673 g/mol. The van der Waals surface area contributed by atoms with Crippen LogP contribution in [-0.4, -0.2) is 103 Å². The molecule has 5 rings (SSSR count). The van der Waals surface area contributed by atoms with Crippen molar-refractivity contribution in [2.75, 3.05) is 60.4 Å². The summed E-state index contributed by atoms with van der Waals surface area (Å²) in [7, 11) is 5.50. The zero-order valence-electron chi connectivity index (χ0n) is 27.2. The van der Waals surface area contributed by atoms with E-state index in [9.17, 15) is 14.0 Å². The maximum absolute atomic E-state index is 13.9. The highest BCUT2D eigenvalue weighted by molar-refractivity contribution is 6.42. The highest BCUT2D eigenvalue weighted by Gasteiger charge is 2.47. The number of halogens is 3. The van der Waals surface area contributed by atoms with Gasteiger partial charge in [0.1, 0.15) is 28.4 Å². The first-order valence-corrected chi connectivity index (χ1v) is 16.9. The first-order chi connectivity index (χ1) is 22.0. The number of carbonyl (C=O) groups excluding carboxylic acids is 2. The number of rotatable bonds is 10. The van der Waals surface area contributed by atoms with E-state index >= 15 is 0 Å². The molecule has 0 radical (unpaired) electrons. The average Bonchev–Trinajstić information content (AvgIpc) is 3.45. The van der Waals surface area contributed by atoms with E-state index in [-0.39, 0.29) is 23.5 Å². The Morgan fingerprint density at radius 2 is 1.65 bits per heavy atom. The van der Waals surface area contributed by atoms with Crippen molar-refractivity contribution in [1.82, 2.24) is 24.8 Å². The van der Waals surface area contributed by atoms with Crippen molar-refractivity contribution in [2.24, 2.45) is 0 Å². The lowest BCUT2D eigenvalue weighted by Crippen LogP contribution is -2.64. The van der Waals surface area contributed by atoms with Crippen molar-refractivity contribution in [3.8, 4) is 11.3 Å². The molecule has 0 saturated carbocycles. The Balaban J connectivity index is 1.31. The Hall–Kier alpha value is -2.98. The van der Waals surface area contributed by atoms with Gasteiger partial charge < -0.3 is 19.2 Å². The second kappa shape index (κ2) is 14.8. The molecule has 248 valence electrons. The van der Waals surface area contributed by atoms with Crippen molar-refractivity contribution in [2.45, 2.75) is 56.9 Å². The van der Waals surface area contributed by atoms with Crippen molar-refractivity contribution in [3.63, 3.8) is 0 Å². The van der Waals surface area contributed by atoms with Gasteiger partial charge >= 0.3 is 0 Å². The molecule has 3 heterocycles. The van der Waals surface area contributed by atoms with Crippen LogP contribution in [0.4, 0.5) is 4.39 Å². The quantitative estimate of drug-likeness (QED) is 0.237. The van der Waals surface area contributed by atoms with E-state index in [0.29, 0.717) is 39.2 Å². The number of aromatic nitrogens is 1. The molecule has 2 saturated heterocycles. The summed E-state index contributed by atoms with van der Waals surface area (Å²) in [5.41, 5.74) is 1.91. The number of amides is 2. The summed E-state index contributed by atoms with van der Waals surface area (Å²) in [6, 6.07) is 11.5. The van der Waals surface area contributed by atoms with Gasteiger partial charge in [0.2, 0.25) is 5.91 Å². The Morgan fingerprint density at radius 1 is 0.978 bits per heavy atom. The van der Waals surface area contributed by atoms with Crippen molar-refractivity contribution in [1.29, 1.82) is 0 Å². The molecule has 1 aromatic heterocycles. The minimum atomic E-state index is -0.436. The summed E-state index contributed by atoms with van der Waals surface area (Å²) in [5.74, 6) is -0.00877. The van der Waals surface area contributed by atoms with Crippen LogP contribution in [0.25, 0.3) is 11.3 Å². The van der Waals surface area contributed by atoms with E-state index in [1.165, 1.54) is 18.6 Å². The fraction of sp³-hybridized carbons (Fsp3) is 0.514. The number of hydrogen-bond donors (Lipinski definition) is 0. The van der Waals surface area contributed by atoms with Gasteiger partial charge in [-0.3, -0.25) is 14.5 Å². The number of carbonyl (C=O) groups is 2. The SMILES string of the molecule is Cc1onc(-c2ccc(F)cc2)c1C(=O)N(C)CC(CCN1CCC(C(=O)N(C)C)(N2CCCCC2)CC1)c1ccc(Cl)c(Cl)c1. The van der Waals surface area contributed by atoms with Crippen LogP contribution in [0.15, 0.2) is 47.0 Å². The lowest BCUT2D eigenvalue weighted by atomic mass is 9.82. The third-order valence-electron chi connectivity index (χ3n) is 9.69.